The lowest BCUT2D eigenvalue weighted by Crippen LogP contribution is -2.35. The van der Waals surface area contributed by atoms with Gasteiger partial charge < -0.3 is 15.4 Å². The van der Waals surface area contributed by atoms with Crippen molar-refractivity contribution in [2.75, 3.05) is 19.0 Å². The molecule has 0 atom stereocenters. The number of nitrogens with one attached hydrogen (secondary N) is 2. The van der Waals surface area contributed by atoms with Gasteiger partial charge in [0.2, 0.25) is 0 Å². The Bertz CT molecular complexity index is 432. The molecule has 0 saturated carbocycles. The molecule has 19 heavy (non-hydrogen) atoms. The maximum Gasteiger partial charge on any atom is 0.313 e. The number of anilines is 1. The molecule has 0 aromatic heterocycles. The Labute approximate surface area is 113 Å². The molecule has 0 saturated heterocycles. The Hall–Kier alpha value is -2.04. The van der Waals surface area contributed by atoms with E-state index in [-0.39, 0.29) is 0 Å². The van der Waals surface area contributed by atoms with E-state index in [2.05, 4.69) is 17.6 Å². The second-order valence-electron chi connectivity index (χ2n) is 4.12. The van der Waals surface area contributed by atoms with Gasteiger partial charge >= 0.3 is 11.8 Å². The molecule has 0 bridgehead atoms. The number of hydrogen-bond donors (Lipinski definition) is 2. The minimum absolute atomic E-state index is 0.485. The third kappa shape index (κ3) is 4.99. The number of amides is 2. The van der Waals surface area contributed by atoms with Crippen LogP contribution in [0.4, 0.5) is 5.69 Å². The number of para-hydroxylation sites is 2. The summed E-state index contributed by atoms with van der Waals surface area (Å²) >= 11 is 0. The van der Waals surface area contributed by atoms with E-state index in [1.165, 1.54) is 7.11 Å². The van der Waals surface area contributed by atoms with Crippen LogP contribution in [-0.4, -0.2) is 25.5 Å². The van der Waals surface area contributed by atoms with Crippen molar-refractivity contribution in [3.63, 3.8) is 0 Å². The maximum atomic E-state index is 11.7. The van der Waals surface area contributed by atoms with Crippen LogP contribution in [0.25, 0.3) is 0 Å². The summed E-state index contributed by atoms with van der Waals surface area (Å²) in [5.41, 5.74) is 0.485. The van der Waals surface area contributed by atoms with Gasteiger partial charge in [-0.1, -0.05) is 31.9 Å². The summed E-state index contributed by atoms with van der Waals surface area (Å²) < 4.78 is 5.09. The van der Waals surface area contributed by atoms with Crippen LogP contribution < -0.4 is 15.4 Å². The monoisotopic (exact) mass is 264 g/mol. The van der Waals surface area contributed by atoms with Crippen LogP contribution in [0.2, 0.25) is 0 Å². The summed E-state index contributed by atoms with van der Waals surface area (Å²) in [5.74, 6) is -0.780. The van der Waals surface area contributed by atoms with Crippen LogP contribution in [-0.2, 0) is 9.59 Å². The maximum absolute atomic E-state index is 11.7. The number of carbonyl (C=O) groups excluding carboxylic acids is 2. The molecule has 0 fully saturated rings. The average Bonchev–Trinajstić information content (AvgIpc) is 2.44. The number of ether oxygens (including phenoxy) is 1. The van der Waals surface area contributed by atoms with Crippen molar-refractivity contribution in [2.24, 2.45) is 0 Å². The van der Waals surface area contributed by atoms with Crippen LogP contribution >= 0.6 is 0 Å². The van der Waals surface area contributed by atoms with E-state index in [0.717, 1.165) is 19.3 Å². The fraction of sp³-hybridized carbons (Fsp3) is 0.429. The van der Waals surface area contributed by atoms with Gasteiger partial charge in [0, 0.05) is 6.54 Å². The molecule has 0 radical (unpaired) electrons. The van der Waals surface area contributed by atoms with Crippen molar-refractivity contribution in [1.29, 1.82) is 0 Å². The standard InChI is InChI=1S/C14H20N2O3/c1-3-4-7-10-15-13(17)14(18)16-11-8-5-6-9-12(11)19-2/h5-6,8-9H,3-4,7,10H2,1-2H3,(H,15,17)(H,16,18). The smallest absolute Gasteiger partial charge is 0.313 e. The molecular formula is C14H20N2O3. The lowest BCUT2D eigenvalue weighted by molar-refractivity contribution is -0.136. The predicted octanol–water partition coefficient (Wildman–Crippen LogP) is 1.94. The van der Waals surface area contributed by atoms with Crippen molar-refractivity contribution < 1.29 is 14.3 Å². The summed E-state index contributed by atoms with van der Waals surface area (Å²) in [6, 6.07) is 6.95. The molecule has 0 aliphatic heterocycles. The van der Waals surface area contributed by atoms with Gasteiger partial charge in [-0.2, -0.15) is 0 Å². The van der Waals surface area contributed by atoms with Gasteiger partial charge in [0.05, 0.1) is 12.8 Å². The highest BCUT2D eigenvalue weighted by atomic mass is 16.5. The minimum Gasteiger partial charge on any atom is -0.495 e. The van der Waals surface area contributed by atoms with Crippen LogP contribution in [0, 0.1) is 0 Å². The Balaban J connectivity index is 2.47. The quantitative estimate of drug-likeness (QED) is 0.609. The van der Waals surface area contributed by atoms with Gasteiger partial charge in [-0.05, 0) is 18.6 Å². The van der Waals surface area contributed by atoms with Crippen molar-refractivity contribution in [2.45, 2.75) is 26.2 Å². The van der Waals surface area contributed by atoms with Crippen LogP contribution in [0.15, 0.2) is 24.3 Å². The normalized spacial score (nSPS) is 9.79. The first-order valence-corrected chi connectivity index (χ1v) is 6.41. The zero-order chi connectivity index (χ0) is 14.1. The molecule has 1 aromatic carbocycles. The van der Waals surface area contributed by atoms with E-state index >= 15 is 0 Å². The fourth-order valence-electron chi connectivity index (χ4n) is 1.58. The Morgan fingerprint density at radius 3 is 2.58 bits per heavy atom. The number of methoxy groups -OCH3 is 1. The summed E-state index contributed by atoms with van der Waals surface area (Å²) in [7, 11) is 1.51. The first-order valence-electron chi connectivity index (χ1n) is 6.41. The number of hydrogen-bond acceptors (Lipinski definition) is 3. The fourth-order valence-corrected chi connectivity index (χ4v) is 1.58. The Morgan fingerprint density at radius 1 is 1.16 bits per heavy atom. The van der Waals surface area contributed by atoms with Gasteiger partial charge in [-0.3, -0.25) is 9.59 Å². The van der Waals surface area contributed by atoms with Crippen LogP contribution in [0.1, 0.15) is 26.2 Å². The van der Waals surface area contributed by atoms with Gasteiger partial charge in [0.1, 0.15) is 5.75 Å². The summed E-state index contributed by atoms with van der Waals surface area (Å²) in [6.45, 7) is 2.60. The topological polar surface area (TPSA) is 67.4 Å². The highest BCUT2D eigenvalue weighted by Gasteiger charge is 2.14. The number of carbonyl (C=O) groups is 2. The number of rotatable bonds is 6. The molecule has 0 heterocycles. The van der Waals surface area contributed by atoms with Gasteiger partial charge in [-0.25, -0.2) is 0 Å². The highest BCUT2D eigenvalue weighted by molar-refractivity contribution is 6.39. The molecule has 0 spiro atoms. The van der Waals surface area contributed by atoms with Crippen molar-refractivity contribution in [3.05, 3.63) is 24.3 Å². The third-order valence-electron chi connectivity index (χ3n) is 2.63. The van der Waals surface area contributed by atoms with E-state index in [1.807, 2.05) is 0 Å². The molecule has 1 rings (SSSR count). The summed E-state index contributed by atoms with van der Waals surface area (Å²) in [4.78, 5) is 23.2. The molecule has 0 unspecified atom stereocenters. The van der Waals surface area contributed by atoms with Crippen molar-refractivity contribution in [3.8, 4) is 5.75 Å². The Kier molecular flexibility index (Phi) is 6.43. The van der Waals surface area contributed by atoms with Gasteiger partial charge in [0.15, 0.2) is 0 Å². The molecule has 1 aromatic rings. The predicted molar refractivity (Wildman–Crippen MR) is 74.2 cm³/mol. The van der Waals surface area contributed by atoms with E-state index in [4.69, 9.17) is 4.74 Å². The summed E-state index contributed by atoms with van der Waals surface area (Å²) in [5, 5.41) is 5.11. The Morgan fingerprint density at radius 2 is 1.89 bits per heavy atom. The van der Waals surface area contributed by atoms with Gasteiger partial charge in [-0.15, -0.1) is 0 Å². The van der Waals surface area contributed by atoms with Crippen LogP contribution in [0.3, 0.4) is 0 Å². The third-order valence-corrected chi connectivity index (χ3v) is 2.63. The molecule has 2 amide bonds. The lowest BCUT2D eigenvalue weighted by Gasteiger charge is -2.09. The molecule has 2 N–H and O–H groups in total. The van der Waals surface area contributed by atoms with Crippen LogP contribution in [0.5, 0.6) is 5.75 Å². The van der Waals surface area contributed by atoms with E-state index in [1.54, 1.807) is 24.3 Å². The second-order valence-corrected chi connectivity index (χ2v) is 4.12. The minimum atomic E-state index is -0.680. The molecular weight excluding hydrogens is 244 g/mol. The lowest BCUT2D eigenvalue weighted by atomic mass is 10.2. The number of unbranched alkanes of at least 4 members (excludes halogenated alkanes) is 2. The molecule has 104 valence electrons. The second kappa shape index (κ2) is 8.13. The van der Waals surface area contributed by atoms with Crippen molar-refractivity contribution in [1.82, 2.24) is 5.32 Å². The SMILES string of the molecule is CCCCCNC(=O)C(=O)Nc1ccccc1OC. The summed E-state index contributed by atoms with van der Waals surface area (Å²) in [6.07, 6.45) is 2.99. The van der Waals surface area contributed by atoms with Crippen molar-refractivity contribution >= 4 is 17.5 Å². The largest absolute Gasteiger partial charge is 0.495 e. The zero-order valence-corrected chi connectivity index (χ0v) is 11.4. The van der Waals surface area contributed by atoms with E-state index < -0.39 is 11.8 Å². The highest BCUT2D eigenvalue weighted by Crippen LogP contribution is 2.22. The molecule has 5 heteroatoms. The average molecular weight is 264 g/mol. The molecule has 0 aliphatic rings. The first-order chi connectivity index (χ1) is 9.19. The zero-order valence-electron chi connectivity index (χ0n) is 11.4. The van der Waals surface area contributed by atoms with E-state index in [9.17, 15) is 9.59 Å². The van der Waals surface area contributed by atoms with Gasteiger partial charge in [0.25, 0.3) is 0 Å². The van der Waals surface area contributed by atoms with E-state index in [0.29, 0.717) is 18.0 Å². The number of benzene rings is 1. The first kappa shape index (κ1) is 15.0. The molecule has 0 aliphatic carbocycles. The molecule has 5 nitrogen and oxygen atoms in total.